The van der Waals surface area contributed by atoms with Crippen molar-refractivity contribution in [1.29, 1.82) is 0 Å². The van der Waals surface area contributed by atoms with Crippen LogP contribution in [0.1, 0.15) is 40.2 Å². The zero-order valence-electron chi connectivity index (χ0n) is 13.5. The number of halogens is 1. The lowest BCUT2D eigenvalue weighted by molar-refractivity contribution is 0.0493. The van der Waals surface area contributed by atoms with Gasteiger partial charge in [0.1, 0.15) is 5.82 Å². The number of carbonyl (C=O) groups excluding carboxylic acids is 1. The summed E-state index contributed by atoms with van der Waals surface area (Å²) in [5.41, 5.74) is 3.67. The molecular formula is C19H20FN3O. The van der Waals surface area contributed by atoms with E-state index in [9.17, 15) is 9.18 Å². The van der Waals surface area contributed by atoms with E-state index in [1.54, 1.807) is 12.1 Å². The first kappa shape index (κ1) is 15.2. The van der Waals surface area contributed by atoms with Gasteiger partial charge in [-0.05, 0) is 67.3 Å². The van der Waals surface area contributed by atoms with Crippen molar-refractivity contribution in [2.24, 2.45) is 5.92 Å². The van der Waals surface area contributed by atoms with Crippen molar-refractivity contribution in [3.63, 3.8) is 0 Å². The molecule has 2 aromatic rings. The Morgan fingerprint density at radius 2 is 2.00 bits per heavy atom. The van der Waals surface area contributed by atoms with E-state index in [-0.39, 0.29) is 11.7 Å². The summed E-state index contributed by atoms with van der Waals surface area (Å²) < 4.78 is 13.2. The van der Waals surface area contributed by atoms with Gasteiger partial charge in [-0.15, -0.1) is 5.10 Å². The summed E-state index contributed by atoms with van der Waals surface area (Å²) in [4.78, 5) is 14.3. The molecule has 5 heteroatoms. The molecule has 0 bridgehead atoms. The number of rotatable bonds is 3. The molecule has 1 saturated heterocycles. The highest BCUT2D eigenvalue weighted by atomic mass is 19.1. The minimum Gasteiger partial charge on any atom is -0.337 e. The number of amides is 1. The molecule has 0 atom stereocenters. The number of fused-ring (bicyclic) bond motifs is 1. The molecule has 0 unspecified atom stereocenters. The Morgan fingerprint density at radius 1 is 1.17 bits per heavy atom. The molecule has 1 aliphatic carbocycles. The fourth-order valence-corrected chi connectivity index (χ4v) is 3.62. The standard InChI is InChI=1S/C19H20FN3O/c20-16-6-3-4-13(9-16)8-14-11-23(12-14)19(24)18-10-15-5-1-2-7-17(15)21-22-18/h3-4,6,9-10,14H,1-2,5,7-8,11-12H2. The van der Waals surface area contributed by atoms with Crippen LogP contribution in [0.25, 0.3) is 0 Å². The van der Waals surface area contributed by atoms with Gasteiger partial charge in [-0.25, -0.2) is 4.39 Å². The highest BCUT2D eigenvalue weighted by Gasteiger charge is 2.32. The zero-order chi connectivity index (χ0) is 16.5. The molecule has 0 radical (unpaired) electrons. The average molecular weight is 325 g/mol. The van der Waals surface area contributed by atoms with Crippen molar-refractivity contribution in [3.8, 4) is 0 Å². The van der Waals surface area contributed by atoms with Crippen molar-refractivity contribution in [3.05, 3.63) is 58.7 Å². The molecule has 2 heterocycles. The predicted octanol–water partition coefficient (Wildman–Crippen LogP) is 2.81. The molecule has 0 N–H and O–H groups in total. The zero-order valence-corrected chi connectivity index (χ0v) is 13.5. The number of aryl methyl sites for hydroxylation is 2. The summed E-state index contributed by atoms with van der Waals surface area (Å²) in [6, 6.07) is 8.61. The highest BCUT2D eigenvalue weighted by Crippen LogP contribution is 2.24. The molecule has 1 fully saturated rings. The number of likely N-dealkylation sites (tertiary alicyclic amines) is 1. The summed E-state index contributed by atoms with van der Waals surface area (Å²) in [5, 5.41) is 8.36. The Hall–Kier alpha value is -2.30. The van der Waals surface area contributed by atoms with Crippen LogP contribution in [0.5, 0.6) is 0 Å². The van der Waals surface area contributed by atoms with Gasteiger partial charge in [-0.1, -0.05) is 12.1 Å². The van der Waals surface area contributed by atoms with Crippen LogP contribution in [-0.2, 0) is 19.3 Å². The van der Waals surface area contributed by atoms with Crippen LogP contribution >= 0.6 is 0 Å². The maximum absolute atomic E-state index is 13.2. The lowest BCUT2D eigenvalue weighted by atomic mass is 9.91. The quantitative estimate of drug-likeness (QED) is 0.872. The summed E-state index contributed by atoms with van der Waals surface area (Å²) >= 11 is 0. The molecule has 1 aromatic heterocycles. The third kappa shape index (κ3) is 3.03. The van der Waals surface area contributed by atoms with Crippen molar-refractivity contribution in [1.82, 2.24) is 15.1 Å². The van der Waals surface area contributed by atoms with Crippen molar-refractivity contribution in [2.45, 2.75) is 32.1 Å². The number of benzene rings is 1. The molecule has 124 valence electrons. The number of nitrogens with zero attached hydrogens (tertiary/aromatic N) is 3. The molecule has 1 aromatic carbocycles. The van der Waals surface area contributed by atoms with E-state index in [1.807, 2.05) is 17.0 Å². The number of carbonyl (C=O) groups is 1. The largest absolute Gasteiger partial charge is 0.337 e. The van der Waals surface area contributed by atoms with Crippen molar-refractivity contribution >= 4 is 5.91 Å². The molecule has 1 amide bonds. The van der Waals surface area contributed by atoms with Crippen LogP contribution < -0.4 is 0 Å². The third-order valence-electron chi connectivity index (χ3n) is 4.95. The monoisotopic (exact) mass is 325 g/mol. The van der Waals surface area contributed by atoms with E-state index in [0.29, 0.717) is 24.7 Å². The Labute approximate surface area is 140 Å². The van der Waals surface area contributed by atoms with Crippen molar-refractivity contribution < 1.29 is 9.18 Å². The number of aromatic nitrogens is 2. The molecule has 0 spiro atoms. The summed E-state index contributed by atoms with van der Waals surface area (Å²) in [5.74, 6) is 0.150. The maximum Gasteiger partial charge on any atom is 0.274 e. The van der Waals surface area contributed by atoms with E-state index >= 15 is 0 Å². The van der Waals surface area contributed by atoms with E-state index < -0.39 is 0 Å². The van der Waals surface area contributed by atoms with Gasteiger partial charge in [0, 0.05) is 13.1 Å². The SMILES string of the molecule is O=C(c1cc2c(nn1)CCCC2)N1CC(Cc2cccc(F)c2)C1. The van der Waals surface area contributed by atoms with Crippen LogP contribution in [0, 0.1) is 11.7 Å². The van der Waals surface area contributed by atoms with Gasteiger partial charge in [0.15, 0.2) is 5.69 Å². The van der Waals surface area contributed by atoms with Crippen molar-refractivity contribution in [2.75, 3.05) is 13.1 Å². The summed E-state index contributed by atoms with van der Waals surface area (Å²) in [6.07, 6.45) is 5.08. The molecule has 4 rings (SSSR count). The van der Waals surface area contributed by atoms with Crippen LogP contribution in [0.4, 0.5) is 4.39 Å². The van der Waals surface area contributed by atoms with E-state index in [0.717, 1.165) is 43.4 Å². The second-order valence-electron chi connectivity index (χ2n) is 6.82. The van der Waals surface area contributed by atoms with E-state index in [1.165, 1.54) is 11.6 Å². The van der Waals surface area contributed by atoms with Gasteiger partial charge in [0.25, 0.3) is 5.91 Å². The Bertz CT molecular complexity index is 771. The van der Waals surface area contributed by atoms with Gasteiger partial charge in [-0.3, -0.25) is 4.79 Å². The lowest BCUT2D eigenvalue weighted by Crippen LogP contribution is -2.51. The van der Waals surface area contributed by atoms with Crippen LogP contribution in [0.2, 0.25) is 0 Å². The molecular weight excluding hydrogens is 305 g/mol. The second kappa shape index (κ2) is 6.30. The fourth-order valence-electron chi connectivity index (χ4n) is 3.62. The Morgan fingerprint density at radius 3 is 2.83 bits per heavy atom. The molecule has 0 saturated carbocycles. The van der Waals surface area contributed by atoms with E-state index in [4.69, 9.17) is 0 Å². The number of hydrogen-bond acceptors (Lipinski definition) is 3. The Balaban J connectivity index is 1.37. The van der Waals surface area contributed by atoms with Gasteiger partial charge in [0.05, 0.1) is 5.69 Å². The minimum atomic E-state index is -0.205. The smallest absolute Gasteiger partial charge is 0.274 e. The normalized spacial score (nSPS) is 17.3. The molecule has 24 heavy (non-hydrogen) atoms. The van der Waals surface area contributed by atoms with Gasteiger partial charge in [0.2, 0.25) is 0 Å². The predicted molar refractivity (Wildman–Crippen MR) is 88.2 cm³/mol. The number of hydrogen-bond donors (Lipinski definition) is 0. The van der Waals surface area contributed by atoms with E-state index in [2.05, 4.69) is 10.2 Å². The van der Waals surface area contributed by atoms with Gasteiger partial charge < -0.3 is 4.90 Å². The summed E-state index contributed by atoms with van der Waals surface area (Å²) in [6.45, 7) is 1.40. The first-order valence-electron chi connectivity index (χ1n) is 8.58. The first-order valence-corrected chi connectivity index (χ1v) is 8.58. The molecule has 4 nitrogen and oxygen atoms in total. The second-order valence-corrected chi connectivity index (χ2v) is 6.82. The average Bonchev–Trinajstić information content (AvgIpc) is 2.57. The van der Waals surface area contributed by atoms with Crippen LogP contribution in [0.15, 0.2) is 30.3 Å². The third-order valence-corrected chi connectivity index (χ3v) is 4.95. The maximum atomic E-state index is 13.2. The first-order chi connectivity index (χ1) is 11.7. The Kier molecular flexibility index (Phi) is 4.00. The fraction of sp³-hybridized carbons (Fsp3) is 0.421. The van der Waals surface area contributed by atoms with Gasteiger partial charge in [-0.2, -0.15) is 5.10 Å². The van der Waals surface area contributed by atoms with Crippen LogP contribution in [-0.4, -0.2) is 34.1 Å². The molecule has 1 aliphatic heterocycles. The minimum absolute atomic E-state index is 0.0358. The lowest BCUT2D eigenvalue weighted by Gasteiger charge is -2.39. The topological polar surface area (TPSA) is 46.1 Å². The molecule has 2 aliphatic rings. The summed E-state index contributed by atoms with van der Waals surface area (Å²) in [7, 11) is 0. The van der Waals surface area contributed by atoms with Crippen LogP contribution in [0.3, 0.4) is 0 Å². The highest BCUT2D eigenvalue weighted by molar-refractivity contribution is 5.92. The van der Waals surface area contributed by atoms with Gasteiger partial charge >= 0.3 is 0 Å².